The first kappa shape index (κ1) is 29.7. The molecule has 2 aliphatic heterocycles. The maximum atomic E-state index is 14.9. The van der Waals surface area contributed by atoms with Gasteiger partial charge in [0.15, 0.2) is 5.82 Å². The third-order valence-electron chi connectivity index (χ3n) is 8.70. The van der Waals surface area contributed by atoms with Gasteiger partial charge >= 0.3 is 5.92 Å². The monoisotopic (exact) mass is 605 g/mol. The number of amides is 2. The smallest absolute Gasteiger partial charge is 0.342 e. The third-order valence-corrected chi connectivity index (χ3v) is 8.70. The summed E-state index contributed by atoms with van der Waals surface area (Å²) in [7, 11) is 2.83. The summed E-state index contributed by atoms with van der Waals surface area (Å²) in [6, 6.07) is 15.2. The van der Waals surface area contributed by atoms with E-state index < -0.39 is 18.4 Å². The summed E-state index contributed by atoms with van der Waals surface area (Å²) >= 11 is 0. The van der Waals surface area contributed by atoms with Gasteiger partial charge in [-0.05, 0) is 43.0 Å². The van der Waals surface area contributed by atoms with E-state index in [9.17, 15) is 18.4 Å². The van der Waals surface area contributed by atoms with Crippen LogP contribution in [-0.4, -0.2) is 78.5 Å². The predicted molar refractivity (Wildman–Crippen MR) is 164 cm³/mol. The molecule has 12 heteroatoms. The van der Waals surface area contributed by atoms with Crippen molar-refractivity contribution in [1.82, 2.24) is 20.2 Å². The lowest BCUT2D eigenvalue weighted by Gasteiger charge is -2.31. The molecular formula is C32H37F2N7O3. The van der Waals surface area contributed by atoms with E-state index in [0.29, 0.717) is 17.0 Å². The fourth-order valence-corrected chi connectivity index (χ4v) is 6.36. The second-order valence-electron chi connectivity index (χ2n) is 11.8. The molecule has 1 aromatic heterocycles. The molecule has 0 bridgehead atoms. The number of ether oxygens (including phenoxy) is 1. The lowest BCUT2D eigenvalue weighted by Crippen LogP contribution is -2.48. The number of benzene rings is 2. The van der Waals surface area contributed by atoms with Gasteiger partial charge in [0.05, 0.1) is 25.5 Å². The average Bonchev–Trinajstić information content (AvgIpc) is 3.71. The molecule has 3 heterocycles. The minimum atomic E-state index is -3.55. The highest BCUT2D eigenvalue weighted by Crippen LogP contribution is 2.40. The fourth-order valence-electron chi connectivity index (χ4n) is 6.36. The van der Waals surface area contributed by atoms with Crippen LogP contribution in [0, 0.1) is 0 Å². The minimum Gasteiger partial charge on any atom is -0.495 e. The molecule has 2 fully saturated rings. The van der Waals surface area contributed by atoms with Crippen molar-refractivity contribution in [2.24, 2.45) is 0 Å². The molecule has 2 N–H and O–H groups in total. The highest BCUT2D eigenvalue weighted by molar-refractivity contribution is 6.02. The van der Waals surface area contributed by atoms with E-state index in [1.54, 1.807) is 23.1 Å². The largest absolute Gasteiger partial charge is 0.495 e. The second kappa shape index (κ2) is 12.4. The minimum absolute atomic E-state index is 0.0446. The van der Waals surface area contributed by atoms with Crippen molar-refractivity contribution >= 4 is 35.0 Å². The Labute approximate surface area is 255 Å². The molecule has 0 radical (unpaired) electrons. The average molecular weight is 606 g/mol. The zero-order chi connectivity index (χ0) is 30.8. The van der Waals surface area contributed by atoms with Crippen molar-refractivity contribution in [1.29, 1.82) is 0 Å². The van der Waals surface area contributed by atoms with Gasteiger partial charge in [0.2, 0.25) is 5.95 Å². The van der Waals surface area contributed by atoms with Crippen LogP contribution >= 0.6 is 0 Å². The zero-order valence-corrected chi connectivity index (χ0v) is 24.9. The van der Waals surface area contributed by atoms with Gasteiger partial charge in [0.1, 0.15) is 11.4 Å². The van der Waals surface area contributed by atoms with Crippen LogP contribution in [-0.2, 0) is 11.3 Å². The van der Waals surface area contributed by atoms with Crippen molar-refractivity contribution in [3.8, 4) is 5.75 Å². The molecule has 10 nitrogen and oxygen atoms in total. The van der Waals surface area contributed by atoms with Crippen LogP contribution < -0.4 is 25.2 Å². The lowest BCUT2D eigenvalue weighted by molar-refractivity contribution is -0.140. The topological polar surface area (TPSA) is 103 Å². The van der Waals surface area contributed by atoms with E-state index in [0.717, 1.165) is 56.6 Å². The van der Waals surface area contributed by atoms with Crippen LogP contribution in [0.2, 0.25) is 0 Å². The van der Waals surface area contributed by atoms with E-state index in [-0.39, 0.29) is 35.4 Å². The highest BCUT2D eigenvalue weighted by Gasteiger charge is 2.48. The van der Waals surface area contributed by atoms with Crippen molar-refractivity contribution in [3.05, 3.63) is 65.9 Å². The molecule has 6 rings (SSSR count). The molecule has 1 saturated heterocycles. The van der Waals surface area contributed by atoms with Gasteiger partial charge in [0, 0.05) is 44.3 Å². The Balaban J connectivity index is 1.17. The Bertz CT molecular complexity index is 1520. The number of likely N-dealkylation sites (tertiary alicyclic amines) is 1. The van der Waals surface area contributed by atoms with Crippen LogP contribution in [0.5, 0.6) is 5.75 Å². The zero-order valence-electron chi connectivity index (χ0n) is 24.9. The number of hydrogen-bond donors (Lipinski definition) is 2. The molecule has 2 amide bonds. The number of carbonyl (C=O) groups excluding carboxylic acids is 2. The van der Waals surface area contributed by atoms with Gasteiger partial charge in [-0.2, -0.15) is 13.8 Å². The molecular weight excluding hydrogens is 568 g/mol. The van der Waals surface area contributed by atoms with Crippen LogP contribution in [0.4, 0.5) is 31.9 Å². The van der Waals surface area contributed by atoms with Gasteiger partial charge in [0.25, 0.3) is 11.8 Å². The Morgan fingerprint density at radius 2 is 1.89 bits per heavy atom. The quantitative estimate of drug-likeness (QED) is 0.385. The normalized spacial score (nSPS) is 20.4. The summed E-state index contributed by atoms with van der Waals surface area (Å²) in [6.45, 7) is 1.80. The Morgan fingerprint density at radius 1 is 1.11 bits per heavy atom. The standard InChI is InChI=1S/C32H37F2N7O3/c1-39-26-17-35-31(38-28(26)41(24-10-6-7-11-24)20-32(33,34)30(39)43)37-25-13-12-22(16-27(25)44-2)29(42)36-23-14-15-40(19-23)18-21-8-4-3-5-9-21/h3-5,8-9,12-13,16-17,23-24H,6-7,10-11,14-15,18-20H2,1-2H3,(H,36,42)(H,35,37,38). The van der Waals surface area contributed by atoms with E-state index in [1.165, 1.54) is 25.9 Å². The molecule has 1 saturated carbocycles. The summed E-state index contributed by atoms with van der Waals surface area (Å²) in [5.74, 6) is -4.17. The van der Waals surface area contributed by atoms with E-state index in [1.807, 2.05) is 18.2 Å². The summed E-state index contributed by atoms with van der Waals surface area (Å²) in [6.07, 6.45) is 5.64. The first-order chi connectivity index (χ1) is 21.2. The number of methoxy groups -OCH3 is 1. The number of alkyl halides is 2. The molecule has 3 aliphatic rings. The summed E-state index contributed by atoms with van der Waals surface area (Å²) in [5, 5.41) is 6.25. The van der Waals surface area contributed by atoms with Gasteiger partial charge < -0.3 is 25.2 Å². The van der Waals surface area contributed by atoms with Crippen molar-refractivity contribution in [2.75, 3.05) is 48.9 Å². The number of hydrogen-bond acceptors (Lipinski definition) is 8. The number of anilines is 4. The summed E-state index contributed by atoms with van der Waals surface area (Å²) in [4.78, 5) is 39.5. The third kappa shape index (κ3) is 6.17. The van der Waals surface area contributed by atoms with Crippen molar-refractivity contribution in [3.63, 3.8) is 0 Å². The number of rotatable bonds is 8. The molecule has 0 spiro atoms. The molecule has 1 atom stereocenters. The molecule has 44 heavy (non-hydrogen) atoms. The highest BCUT2D eigenvalue weighted by atomic mass is 19.3. The lowest BCUT2D eigenvalue weighted by atomic mass is 10.1. The van der Waals surface area contributed by atoms with E-state index >= 15 is 0 Å². The number of aromatic nitrogens is 2. The first-order valence-electron chi connectivity index (χ1n) is 15.0. The van der Waals surface area contributed by atoms with Gasteiger partial charge in [-0.25, -0.2) is 4.98 Å². The Morgan fingerprint density at radius 3 is 2.64 bits per heavy atom. The molecule has 1 unspecified atom stereocenters. The predicted octanol–water partition coefficient (Wildman–Crippen LogP) is 4.59. The van der Waals surface area contributed by atoms with Gasteiger partial charge in [-0.3, -0.25) is 14.5 Å². The Hall–Kier alpha value is -4.32. The number of nitrogens with zero attached hydrogens (tertiary/aromatic N) is 5. The Kier molecular flexibility index (Phi) is 8.35. The van der Waals surface area contributed by atoms with Gasteiger partial charge in [-0.1, -0.05) is 43.2 Å². The number of fused-ring (bicyclic) bond motifs is 1. The van der Waals surface area contributed by atoms with Crippen LogP contribution in [0.15, 0.2) is 54.7 Å². The number of halogens is 2. The maximum absolute atomic E-state index is 14.9. The first-order valence-corrected chi connectivity index (χ1v) is 15.0. The molecule has 1 aliphatic carbocycles. The van der Waals surface area contributed by atoms with Crippen molar-refractivity contribution < 1.29 is 23.1 Å². The maximum Gasteiger partial charge on any atom is 0.342 e. The summed E-state index contributed by atoms with van der Waals surface area (Å²) < 4.78 is 35.4. The SMILES string of the molecule is COc1cc(C(=O)NC2CCN(Cc3ccccc3)C2)ccc1Nc1ncc2c(n1)N(C1CCCC1)CC(F)(F)C(=O)N2C. The number of nitrogens with one attached hydrogen (secondary N) is 2. The molecule has 3 aromatic rings. The van der Waals surface area contributed by atoms with E-state index in [2.05, 4.69) is 37.6 Å². The fraction of sp³-hybridized carbons (Fsp3) is 0.438. The molecule has 232 valence electrons. The van der Waals surface area contributed by atoms with Crippen LogP contribution in [0.1, 0.15) is 48.0 Å². The number of carbonyl (C=O) groups is 2. The van der Waals surface area contributed by atoms with E-state index in [4.69, 9.17) is 4.74 Å². The van der Waals surface area contributed by atoms with Crippen LogP contribution in [0.3, 0.4) is 0 Å². The van der Waals surface area contributed by atoms with Gasteiger partial charge in [-0.15, -0.1) is 0 Å². The molecule has 2 aromatic carbocycles. The van der Waals surface area contributed by atoms with Crippen LogP contribution in [0.25, 0.3) is 0 Å². The summed E-state index contributed by atoms with van der Waals surface area (Å²) in [5.41, 5.74) is 2.44. The second-order valence-corrected chi connectivity index (χ2v) is 11.8. The van der Waals surface area contributed by atoms with Crippen molar-refractivity contribution in [2.45, 2.75) is 56.7 Å².